The molecule has 0 N–H and O–H groups in total. The van der Waals surface area contributed by atoms with Crippen molar-refractivity contribution >= 4 is 6.09 Å². The lowest BCUT2D eigenvalue weighted by Gasteiger charge is -2.46. The third-order valence-corrected chi connectivity index (χ3v) is 7.09. The fourth-order valence-corrected chi connectivity index (χ4v) is 5.19. The van der Waals surface area contributed by atoms with Gasteiger partial charge < -0.3 is 14.5 Å². The number of amides is 1. The van der Waals surface area contributed by atoms with Gasteiger partial charge in [0.1, 0.15) is 5.60 Å². The van der Waals surface area contributed by atoms with Gasteiger partial charge in [-0.15, -0.1) is 0 Å². The summed E-state index contributed by atoms with van der Waals surface area (Å²) in [6.45, 7) is 9.78. The van der Waals surface area contributed by atoms with Crippen molar-refractivity contribution < 1.29 is 9.53 Å². The van der Waals surface area contributed by atoms with Crippen molar-refractivity contribution in [2.24, 2.45) is 11.3 Å². The molecule has 2 fully saturated rings. The Balaban J connectivity index is 1.33. The van der Waals surface area contributed by atoms with E-state index in [0.29, 0.717) is 5.41 Å². The first-order valence-corrected chi connectivity index (χ1v) is 12.0. The summed E-state index contributed by atoms with van der Waals surface area (Å²) >= 11 is 0. The van der Waals surface area contributed by atoms with Crippen LogP contribution in [0.3, 0.4) is 0 Å². The van der Waals surface area contributed by atoms with Gasteiger partial charge in [-0.05, 0) is 103 Å². The van der Waals surface area contributed by atoms with E-state index >= 15 is 0 Å². The normalized spacial score (nSPS) is 20.0. The monoisotopic (exact) mass is 414 g/mol. The van der Waals surface area contributed by atoms with Crippen LogP contribution in [-0.2, 0) is 11.3 Å². The lowest BCUT2D eigenvalue weighted by molar-refractivity contribution is 0.00103. The topological polar surface area (TPSA) is 32.8 Å². The van der Waals surface area contributed by atoms with E-state index < -0.39 is 5.60 Å². The minimum Gasteiger partial charge on any atom is -0.444 e. The molecule has 2 aliphatic rings. The second kappa shape index (κ2) is 10.2. The van der Waals surface area contributed by atoms with Crippen LogP contribution in [0, 0.1) is 11.3 Å². The van der Waals surface area contributed by atoms with Crippen LogP contribution >= 0.6 is 0 Å². The molecule has 1 aromatic rings. The maximum absolute atomic E-state index is 12.3. The van der Waals surface area contributed by atoms with Gasteiger partial charge in [-0.3, -0.25) is 0 Å². The molecule has 0 bridgehead atoms. The van der Waals surface area contributed by atoms with Gasteiger partial charge in [-0.1, -0.05) is 30.3 Å². The van der Waals surface area contributed by atoms with Crippen LogP contribution in [0.15, 0.2) is 30.3 Å². The van der Waals surface area contributed by atoms with Crippen molar-refractivity contribution in [3.05, 3.63) is 35.9 Å². The Labute approximate surface area is 184 Å². The SMILES string of the molecule is CN(CCCC1CCC2(CC1)CCN(C(=O)OC(C)(C)C)CC2)Cc1ccccc1. The fraction of sp³-hybridized carbons (Fsp3) is 0.731. The van der Waals surface area contributed by atoms with Gasteiger partial charge in [-0.2, -0.15) is 0 Å². The minimum absolute atomic E-state index is 0.134. The molecule has 4 heteroatoms. The van der Waals surface area contributed by atoms with Gasteiger partial charge in [0.2, 0.25) is 0 Å². The number of piperidine rings is 1. The third kappa shape index (κ3) is 7.01. The number of hydrogen-bond acceptors (Lipinski definition) is 3. The van der Waals surface area contributed by atoms with Crippen LogP contribution in [0.2, 0.25) is 0 Å². The van der Waals surface area contributed by atoms with E-state index in [9.17, 15) is 4.79 Å². The molecule has 1 heterocycles. The van der Waals surface area contributed by atoms with E-state index in [4.69, 9.17) is 4.74 Å². The Morgan fingerprint density at radius 3 is 2.33 bits per heavy atom. The number of benzene rings is 1. The molecule has 168 valence electrons. The van der Waals surface area contributed by atoms with Gasteiger partial charge in [0, 0.05) is 19.6 Å². The highest BCUT2D eigenvalue weighted by molar-refractivity contribution is 5.68. The lowest BCUT2D eigenvalue weighted by Crippen LogP contribution is -2.46. The Morgan fingerprint density at radius 2 is 1.73 bits per heavy atom. The minimum atomic E-state index is -0.403. The van der Waals surface area contributed by atoms with E-state index in [1.165, 1.54) is 50.6 Å². The molecule has 1 saturated carbocycles. The van der Waals surface area contributed by atoms with Crippen molar-refractivity contribution in [2.75, 3.05) is 26.7 Å². The molecule has 0 radical (unpaired) electrons. The molecule has 1 amide bonds. The zero-order valence-corrected chi connectivity index (χ0v) is 19.7. The van der Waals surface area contributed by atoms with Gasteiger partial charge >= 0.3 is 6.09 Å². The molecule has 1 aliphatic heterocycles. The highest BCUT2D eigenvalue weighted by Gasteiger charge is 2.39. The molecule has 0 atom stereocenters. The summed E-state index contributed by atoms with van der Waals surface area (Å²) in [6.07, 6.45) is 10.3. The van der Waals surface area contributed by atoms with Crippen molar-refractivity contribution in [3.63, 3.8) is 0 Å². The van der Waals surface area contributed by atoms with Crippen LogP contribution in [0.25, 0.3) is 0 Å². The average molecular weight is 415 g/mol. The molecule has 1 aromatic carbocycles. The van der Waals surface area contributed by atoms with Gasteiger partial charge in [0.05, 0.1) is 0 Å². The smallest absolute Gasteiger partial charge is 0.410 e. The number of rotatable bonds is 6. The number of likely N-dealkylation sites (tertiary alicyclic amines) is 1. The molecule has 1 aliphatic carbocycles. The first-order valence-electron chi connectivity index (χ1n) is 12.0. The van der Waals surface area contributed by atoms with Crippen molar-refractivity contribution in [1.82, 2.24) is 9.80 Å². The predicted molar refractivity (Wildman–Crippen MR) is 123 cm³/mol. The maximum atomic E-state index is 12.3. The second-order valence-electron chi connectivity index (χ2n) is 10.8. The van der Waals surface area contributed by atoms with Crippen LogP contribution in [0.1, 0.15) is 77.7 Å². The quantitative estimate of drug-likeness (QED) is 0.563. The maximum Gasteiger partial charge on any atom is 0.410 e. The zero-order chi connectivity index (χ0) is 21.6. The van der Waals surface area contributed by atoms with Crippen LogP contribution in [-0.4, -0.2) is 48.2 Å². The lowest BCUT2D eigenvalue weighted by atomic mass is 9.65. The fourth-order valence-electron chi connectivity index (χ4n) is 5.19. The van der Waals surface area contributed by atoms with Gasteiger partial charge in [-0.25, -0.2) is 4.79 Å². The molecule has 0 unspecified atom stereocenters. The largest absolute Gasteiger partial charge is 0.444 e. The molecule has 1 spiro atoms. The van der Waals surface area contributed by atoms with Crippen LogP contribution in [0.5, 0.6) is 0 Å². The van der Waals surface area contributed by atoms with E-state index in [2.05, 4.69) is 42.3 Å². The van der Waals surface area contributed by atoms with Crippen LogP contribution in [0.4, 0.5) is 4.79 Å². The Kier molecular flexibility index (Phi) is 7.84. The average Bonchev–Trinajstić information content (AvgIpc) is 2.70. The standard InChI is InChI=1S/C26H42N2O2/c1-25(2,3)30-24(29)28-19-16-26(17-20-28)14-12-22(13-15-26)11-8-18-27(4)21-23-9-6-5-7-10-23/h5-7,9-10,22H,8,11-21H2,1-4H3. The second-order valence-corrected chi connectivity index (χ2v) is 10.8. The summed E-state index contributed by atoms with van der Waals surface area (Å²) in [4.78, 5) is 16.7. The Hall–Kier alpha value is -1.55. The number of carbonyl (C=O) groups excluding carboxylic acids is 1. The molecule has 3 rings (SSSR count). The van der Waals surface area contributed by atoms with Crippen molar-refractivity contribution in [2.45, 2.75) is 84.3 Å². The van der Waals surface area contributed by atoms with Crippen molar-refractivity contribution in [3.8, 4) is 0 Å². The molecular formula is C26H42N2O2. The summed E-state index contributed by atoms with van der Waals surface area (Å²) in [5, 5.41) is 0. The molecule has 1 saturated heterocycles. The Bertz CT molecular complexity index is 649. The summed E-state index contributed by atoms with van der Waals surface area (Å²) in [7, 11) is 2.24. The van der Waals surface area contributed by atoms with Crippen molar-refractivity contribution in [1.29, 1.82) is 0 Å². The number of nitrogens with zero attached hydrogens (tertiary/aromatic N) is 2. The van der Waals surface area contributed by atoms with E-state index in [1.54, 1.807) is 0 Å². The first-order chi connectivity index (χ1) is 14.2. The molecule has 4 nitrogen and oxygen atoms in total. The highest BCUT2D eigenvalue weighted by Crippen LogP contribution is 2.47. The number of ether oxygens (including phenoxy) is 1. The van der Waals surface area contributed by atoms with E-state index in [1.807, 2.05) is 25.7 Å². The van der Waals surface area contributed by atoms with Crippen LogP contribution < -0.4 is 0 Å². The van der Waals surface area contributed by atoms with E-state index in [-0.39, 0.29) is 6.09 Å². The number of hydrogen-bond donors (Lipinski definition) is 0. The molecule has 30 heavy (non-hydrogen) atoms. The summed E-state index contributed by atoms with van der Waals surface area (Å²) in [5.41, 5.74) is 1.48. The molecular weight excluding hydrogens is 372 g/mol. The Morgan fingerprint density at radius 1 is 1.10 bits per heavy atom. The van der Waals surface area contributed by atoms with E-state index in [0.717, 1.165) is 38.4 Å². The van der Waals surface area contributed by atoms with Gasteiger partial charge in [0.15, 0.2) is 0 Å². The number of carbonyl (C=O) groups is 1. The zero-order valence-electron chi connectivity index (χ0n) is 19.7. The third-order valence-electron chi connectivity index (χ3n) is 7.09. The molecule has 0 aromatic heterocycles. The summed E-state index contributed by atoms with van der Waals surface area (Å²) < 4.78 is 5.55. The predicted octanol–water partition coefficient (Wildman–Crippen LogP) is 6.11. The summed E-state index contributed by atoms with van der Waals surface area (Å²) in [6, 6.07) is 10.8. The highest BCUT2D eigenvalue weighted by atomic mass is 16.6. The summed E-state index contributed by atoms with van der Waals surface area (Å²) in [5.74, 6) is 0.893. The van der Waals surface area contributed by atoms with Gasteiger partial charge in [0.25, 0.3) is 0 Å². The first kappa shape index (κ1) is 23.1.